The Labute approximate surface area is 87.3 Å². The van der Waals surface area contributed by atoms with Crippen LogP contribution in [0.4, 0.5) is 0 Å². The summed E-state index contributed by atoms with van der Waals surface area (Å²) in [5.41, 5.74) is 0.215. The van der Waals surface area contributed by atoms with Gasteiger partial charge in [-0.2, -0.15) is 5.26 Å². The monoisotopic (exact) mass is 195 g/mol. The molecule has 0 bridgehead atoms. The molecule has 1 saturated heterocycles. The third-order valence-electron chi connectivity index (χ3n) is 3.46. The molecule has 1 rings (SSSR count). The van der Waals surface area contributed by atoms with Gasteiger partial charge in [0.05, 0.1) is 12.5 Å². The van der Waals surface area contributed by atoms with Crippen LogP contribution < -0.4 is 0 Å². The summed E-state index contributed by atoms with van der Waals surface area (Å²) >= 11 is 0. The fourth-order valence-corrected chi connectivity index (χ4v) is 2.02. The van der Waals surface area contributed by atoms with E-state index in [4.69, 9.17) is 5.26 Å². The molecule has 1 fully saturated rings. The largest absolute Gasteiger partial charge is 0.305 e. The normalized spacial score (nSPS) is 29.5. The molecule has 0 aromatic rings. The topological polar surface area (TPSA) is 30.3 Å². The molecule has 0 aromatic carbocycles. The van der Waals surface area contributed by atoms with Crippen molar-refractivity contribution >= 4 is 0 Å². The van der Waals surface area contributed by atoms with Gasteiger partial charge in [-0.3, -0.25) is 4.90 Å². The van der Waals surface area contributed by atoms with Gasteiger partial charge in [-0.05, 0) is 40.9 Å². The summed E-state index contributed by atoms with van der Waals surface area (Å²) in [6.45, 7) is 6.65. The number of nitriles is 1. The zero-order valence-corrected chi connectivity index (χ0v) is 9.75. The minimum atomic E-state index is 0.215. The van der Waals surface area contributed by atoms with E-state index >= 15 is 0 Å². The van der Waals surface area contributed by atoms with Crippen molar-refractivity contribution < 1.29 is 0 Å². The number of nitrogens with zero attached hydrogens (tertiary/aromatic N) is 3. The van der Waals surface area contributed by atoms with Gasteiger partial charge in [-0.15, -0.1) is 0 Å². The van der Waals surface area contributed by atoms with E-state index in [-0.39, 0.29) is 5.54 Å². The fraction of sp³-hybridized carbons (Fsp3) is 0.909. The van der Waals surface area contributed by atoms with E-state index in [1.807, 2.05) is 0 Å². The zero-order chi connectivity index (χ0) is 10.8. The average Bonchev–Trinajstić information content (AvgIpc) is 2.20. The lowest BCUT2D eigenvalue weighted by atomic mass is 9.97. The highest BCUT2D eigenvalue weighted by Crippen LogP contribution is 2.24. The van der Waals surface area contributed by atoms with Crippen molar-refractivity contribution in [1.82, 2.24) is 9.80 Å². The van der Waals surface area contributed by atoms with Gasteiger partial charge >= 0.3 is 0 Å². The van der Waals surface area contributed by atoms with Crippen molar-refractivity contribution in [3.63, 3.8) is 0 Å². The van der Waals surface area contributed by atoms with E-state index in [1.54, 1.807) is 0 Å². The van der Waals surface area contributed by atoms with Crippen molar-refractivity contribution in [3.8, 4) is 6.07 Å². The second-order valence-electron chi connectivity index (χ2n) is 4.95. The molecule has 0 aliphatic carbocycles. The molecule has 80 valence electrons. The van der Waals surface area contributed by atoms with Crippen LogP contribution in [0.3, 0.4) is 0 Å². The number of rotatable bonds is 1. The van der Waals surface area contributed by atoms with E-state index in [0.29, 0.717) is 12.5 Å². The molecule has 1 aliphatic rings. The lowest BCUT2D eigenvalue weighted by molar-refractivity contribution is 0.111. The highest BCUT2D eigenvalue weighted by molar-refractivity contribution is 4.93. The minimum Gasteiger partial charge on any atom is -0.305 e. The Hall–Kier alpha value is -0.590. The van der Waals surface area contributed by atoms with Gasteiger partial charge < -0.3 is 4.90 Å². The van der Waals surface area contributed by atoms with Gasteiger partial charge in [-0.25, -0.2) is 0 Å². The third-order valence-corrected chi connectivity index (χ3v) is 3.46. The van der Waals surface area contributed by atoms with Crippen LogP contribution in [-0.2, 0) is 0 Å². The SMILES string of the molecule is CN1CCC(C)(C)N(C)C(CC#N)C1. The molecule has 14 heavy (non-hydrogen) atoms. The van der Waals surface area contributed by atoms with Crippen molar-refractivity contribution in [3.05, 3.63) is 0 Å². The lowest BCUT2D eigenvalue weighted by Crippen LogP contribution is -2.47. The molecule has 0 radical (unpaired) electrons. The molecular weight excluding hydrogens is 174 g/mol. The third kappa shape index (κ3) is 2.46. The predicted octanol–water partition coefficient (Wildman–Crippen LogP) is 1.31. The van der Waals surface area contributed by atoms with Crippen LogP contribution in [0, 0.1) is 11.3 Å². The molecule has 3 heteroatoms. The second kappa shape index (κ2) is 4.29. The summed E-state index contributed by atoms with van der Waals surface area (Å²) in [5.74, 6) is 0. The van der Waals surface area contributed by atoms with E-state index in [2.05, 4.69) is 43.8 Å². The molecule has 1 atom stereocenters. The Morgan fingerprint density at radius 1 is 1.43 bits per heavy atom. The van der Waals surface area contributed by atoms with Crippen LogP contribution in [0.25, 0.3) is 0 Å². The quantitative estimate of drug-likeness (QED) is 0.632. The van der Waals surface area contributed by atoms with E-state index < -0.39 is 0 Å². The summed E-state index contributed by atoms with van der Waals surface area (Å²) < 4.78 is 0. The zero-order valence-electron chi connectivity index (χ0n) is 9.75. The van der Waals surface area contributed by atoms with Gasteiger partial charge in [0.25, 0.3) is 0 Å². The van der Waals surface area contributed by atoms with E-state index in [0.717, 1.165) is 13.1 Å². The average molecular weight is 195 g/mol. The molecule has 1 unspecified atom stereocenters. The smallest absolute Gasteiger partial charge is 0.0638 e. The van der Waals surface area contributed by atoms with Crippen LogP contribution in [0.5, 0.6) is 0 Å². The van der Waals surface area contributed by atoms with Gasteiger partial charge in [0.1, 0.15) is 0 Å². The van der Waals surface area contributed by atoms with Crippen LogP contribution in [0.1, 0.15) is 26.7 Å². The number of likely N-dealkylation sites (N-methyl/N-ethyl adjacent to an activating group) is 2. The van der Waals surface area contributed by atoms with Crippen molar-refractivity contribution in [1.29, 1.82) is 5.26 Å². The van der Waals surface area contributed by atoms with E-state index in [9.17, 15) is 0 Å². The maximum absolute atomic E-state index is 8.79. The summed E-state index contributed by atoms with van der Waals surface area (Å²) in [6.07, 6.45) is 1.80. The Balaban J connectivity index is 2.77. The molecule has 0 aromatic heterocycles. The number of hydrogen-bond donors (Lipinski definition) is 0. The fourth-order valence-electron chi connectivity index (χ4n) is 2.02. The first-order valence-corrected chi connectivity index (χ1v) is 5.26. The molecule has 0 N–H and O–H groups in total. The van der Waals surface area contributed by atoms with Crippen molar-refractivity contribution in [2.75, 3.05) is 27.2 Å². The first kappa shape index (κ1) is 11.5. The lowest BCUT2D eigenvalue weighted by Gasteiger charge is -2.38. The summed E-state index contributed by atoms with van der Waals surface area (Å²) in [6, 6.07) is 2.66. The van der Waals surface area contributed by atoms with Crippen LogP contribution in [0.2, 0.25) is 0 Å². The Kier molecular flexibility index (Phi) is 3.52. The Morgan fingerprint density at radius 3 is 2.64 bits per heavy atom. The molecule has 3 nitrogen and oxygen atoms in total. The Bertz CT molecular complexity index is 229. The van der Waals surface area contributed by atoms with Gasteiger partial charge in [0.15, 0.2) is 0 Å². The molecule has 0 spiro atoms. The van der Waals surface area contributed by atoms with Crippen LogP contribution >= 0.6 is 0 Å². The van der Waals surface area contributed by atoms with E-state index in [1.165, 1.54) is 6.42 Å². The molecule has 0 saturated carbocycles. The maximum Gasteiger partial charge on any atom is 0.0638 e. The van der Waals surface area contributed by atoms with Crippen molar-refractivity contribution in [2.45, 2.75) is 38.3 Å². The molecule has 1 aliphatic heterocycles. The first-order chi connectivity index (χ1) is 6.47. The number of hydrogen-bond acceptors (Lipinski definition) is 3. The highest BCUT2D eigenvalue weighted by Gasteiger charge is 2.32. The Morgan fingerprint density at radius 2 is 2.07 bits per heavy atom. The summed E-state index contributed by atoms with van der Waals surface area (Å²) in [7, 11) is 4.28. The van der Waals surface area contributed by atoms with Gasteiger partial charge in [0.2, 0.25) is 0 Å². The highest BCUT2D eigenvalue weighted by atomic mass is 15.3. The second-order valence-corrected chi connectivity index (χ2v) is 4.95. The molecular formula is C11H21N3. The summed E-state index contributed by atoms with van der Waals surface area (Å²) in [4.78, 5) is 4.69. The van der Waals surface area contributed by atoms with Crippen LogP contribution in [0.15, 0.2) is 0 Å². The van der Waals surface area contributed by atoms with Crippen molar-refractivity contribution in [2.24, 2.45) is 0 Å². The standard InChI is InChI=1S/C11H21N3/c1-11(2)6-8-13(3)9-10(5-7-12)14(11)4/h10H,5-6,8-9H2,1-4H3. The van der Waals surface area contributed by atoms with Gasteiger partial charge in [0, 0.05) is 18.1 Å². The summed E-state index contributed by atoms with van der Waals surface area (Å²) in [5, 5.41) is 8.79. The molecule has 0 amide bonds. The first-order valence-electron chi connectivity index (χ1n) is 5.26. The predicted molar refractivity (Wildman–Crippen MR) is 58.0 cm³/mol. The van der Waals surface area contributed by atoms with Crippen LogP contribution in [-0.4, -0.2) is 48.6 Å². The minimum absolute atomic E-state index is 0.215. The maximum atomic E-state index is 8.79. The molecule has 1 heterocycles. The van der Waals surface area contributed by atoms with Gasteiger partial charge in [-0.1, -0.05) is 0 Å².